The van der Waals surface area contributed by atoms with E-state index >= 15 is 0 Å². The molecular weight excluding hydrogens is 232 g/mol. The van der Waals surface area contributed by atoms with Crippen molar-refractivity contribution in [3.8, 4) is 0 Å². The molecule has 1 rings (SSSR count). The minimum absolute atomic E-state index is 0.0627. The molecule has 5 heteroatoms. The number of carbonyl (C=O) groups excluding carboxylic acids is 1. The van der Waals surface area contributed by atoms with Crippen LogP contribution in [0.5, 0.6) is 0 Å². The molecule has 0 radical (unpaired) electrons. The molecule has 0 aromatic heterocycles. The number of rotatable bonds is 4. The predicted molar refractivity (Wildman–Crippen MR) is 69.5 cm³/mol. The number of amides is 2. The molecule has 0 aromatic carbocycles. The number of nitrogens with zero attached hydrogens (tertiary/aromatic N) is 1. The predicted octanol–water partition coefficient (Wildman–Crippen LogP) is 2.22. The van der Waals surface area contributed by atoms with Crippen molar-refractivity contribution < 1.29 is 14.7 Å². The summed E-state index contributed by atoms with van der Waals surface area (Å²) in [5, 5.41) is 11.6. The van der Waals surface area contributed by atoms with E-state index in [4.69, 9.17) is 5.11 Å². The lowest BCUT2D eigenvalue weighted by atomic mass is 9.99. The van der Waals surface area contributed by atoms with Gasteiger partial charge in [0.05, 0.1) is 0 Å². The molecule has 104 valence electrons. The summed E-state index contributed by atoms with van der Waals surface area (Å²) >= 11 is 0. The Morgan fingerprint density at radius 3 is 2.22 bits per heavy atom. The van der Waals surface area contributed by atoms with Crippen LogP contribution in [-0.2, 0) is 4.79 Å². The highest BCUT2D eigenvalue weighted by molar-refractivity contribution is 5.75. The van der Waals surface area contributed by atoms with Gasteiger partial charge in [-0.3, -0.25) is 4.79 Å². The van der Waals surface area contributed by atoms with Gasteiger partial charge in [0.25, 0.3) is 0 Å². The Bertz CT molecular complexity index is 295. The van der Waals surface area contributed by atoms with Gasteiger partial charge >= 0.3 is 12.0 Å². The number of carboxylic acid groups (broad SMARTS) is 1. The SMILES string of the molecule is CC(C)(CCC(=O)O)NC(=O)N1CCCCCC1. The van der Waals surface area contributed by atoms with E-state index in [9.17, 15) is 9.59 Å². The number of carbonyl (C=O) groups is 2. The van der Waals surface area contributed by atoms with Crippen LogP contribution >= 0.6 is 0 Å². The monoisotopic (exact) mass is 256 g/mol. The minimum atomic E-state index is -0.827. The third-order valence-corrected chi connectivity index (χ3v) is 3.30. The summed E-state index contributed by atoms with van der Waals surface area (Å²) in [6.45, 7) is 5.35. The molecular formula is C13H24N2O3. The summed E-state index contributed by atoms with van der Waals surface area (Å²) in [5.74, 6) is -0.827. The van der Waals surface area contributed by atoms with Crippen molar-refractivity contribution >= 4 is 12.0 Å². The van der Waals surface area contributed by atoms with Crippen LogP contribution in [0, 0.1) is 0 Å². The molecule has 0 saturated carbocycles. The number of nitrogens with one attached hydrogen (secondary N) is 1. The van der Waals surface area contributed by atoms with E-state index in [1.165, 1.54) is 12.8 Å². The molecule has 0 atom stereocenters. The zero-order valence-electron chi connectivity index (χ0n) is 11.4. The molecule has 2 amide bonds. The Balaban J connectivity index is 2.43. The fourth-order valence-corrected chi connectivity index (χ4v) is 2.12. The molecule has 1 aliphatic rings. The highest BCUT2D eigenvalue weighted by Gasteiger charge is 2.24. The highest BCUT2D eigenvalue weighted by Crippen LogP contribution is 2.14. The zero-order valence-corrected chi connectivity index (χ0v) is 11.4. The fraction of sp³-hybridized carbons (Fsp3) is 0.846. The van der Waals surface area contributed by atoms with E-state index in [-0.39, 0.29) is 12.5 Å². The van der Waals surface area contributed by atoms with Crippen LogP contribution in [0.3, 0.4) is 0 Å². The van der Waals surface area contributed by atoms with E-state index < -0.39 is 11.5 Å². The number of carboxylic acids is 1. The second-order valence-electron chi connectivity index (χ2n) is 5.61. The number of likely N-dealkylation sites (tertiary alicyclic amines) is 1. The molecule has 1 heterocycles. The first-order chi connectivity index (χ1) is 8.41. The topological polar surface area (TPSA) is 69.6 Å². The Morgan fingerprint density at radius 1 is 1.17 bits per heavy atom. The maximum atomic E-state index is 12.1. The van der Waals surface area contributed by atoms with Crippen LogP contribution in [0.2, 0.25) is 0 Å². The summed E-state index contributed by atoms with van der Waals surface area (Å²) in [4.78, 5) is 24.5. The average Bonchev–Trinajstić information content (AvgIpc) is 2.54. The fourth-order valence-electron chi connectivity index (χ4n) is 2.12. The Morgan fingerprint density at radius 2 is 1.72 bits per heavy atom. The van der Waals surface area contributed by atoms with Gasteiger partial charge in [-0.25, -0.2) is 4.79 Å². The van der Waals surface area contributed by atoms with Gasteiger partial charge in [-0.05, 0) is 33.1 Å². The van der Waals surface area contributed by atoms with Gasteiger partial charge in [0.15, 0.2) is 0 Å². The number of hydrogen-bond donors (Lipinski definition) is 2. The zero-order chi connectivity index (χ0) is 13.6. The van der Waals surface area contributed by atoms with E-state index in [0.717, 1.165) is 25.9 Å². The first-order valence-corrected chi connectivity index (χ1v) is 6.70. The summed E-state index contributed by atoms with van der Waals surface area (Å²) in [6.07, 6.45) is 5.01. The van der Waals surface area contributed by atoms with Crippen LogP contribution in [0.4, 0.5) is 4.79 Å². The molecule has 1 aliphatic heterocycles. The quantitative estimate of drug-likeness (QED) is 0.810. The molecule has 0 spiro atoms. The van der Waals surface area contributed by atoms with Gasteiger partial charge in [0.1, 0.15) is 0 Å². The van der Waals surface area contributed by atoms with Crippen LogP contribution in [0.25, 0.3) is 0 Å². The first-order valence-electron chi connectivity index (χ1n) is 6.70. The van der Waals surface area contributed by atoms with E-state index in [0.29, 0.717) is 6.42 Å². The first kappa shape index (κ1) is 14.8. The molecule has 0 aliphatic carbocycles. The van der Waals surface area contributed by atoms with Gasteiger partial charge < -0.3 is 15.3 Å². The lowest BCUT2D eigenvalue weighted by molar-refractivity contribution is -0.137. The molecule has 5 nitrogen and oxygen atoms in total. The maximum absolute atomic E-state index is 12.1. The maximum Gasteiger partial charge on any atom is 0.317 e. The summed E-state index contributed by atoms with van der Waals surface area (Å²) in [7, 11) is 0. The van der Waals surface area contributed by atoms with Crippen LogP contribution in [-0.4, -0.2) is 40.6 Å². The minimum Gasteiger partial charge on any atom is -0.481 e. The van der Waals surface area contributed by atoms with Crippen molar-refractivity contribution in [1.29, 1.82) is 0 Å². The number of aliphatic carboxylic acids is 1. The number of hydrogen-bond acceptors (Lipinski definition) is 2. The van der Waals surface area contributed by atoms with Gasteiger partial charge in [-0.2, -0.15) is 0 Å². The van der Waals surface area contributed by atoms with Crippen molar-refractivity contribution in [3.05, 3.63) is 0 Å². The molecule has 1 fully saturated rings. The summed E-state index contributed by atoms with van der Waals surface area (Å²) < 4.78 is 0. The molecule has 0 unspecified atom stereocenters. The van der Waals surface area contributed by atoms with Gasteiger partial charge in [-0.15, -0.1) is 0 Å². The van der Waals surface area contributed by atoms with Gasteiger partial charge in [0.2, 0.25) is 0 Å². The van der Waals surface area contributed by atoms with Gasteiger partial charge in [0, 0.05) is 25.0 Å². The molecule has 1 saturated heterocycles. The molecule has 0 aromatic rings. The van der Waals surface area contributed by atoms with E-state index in [1.54, 1.807) is 0 Å². The average molecular weight is 256 g/mol. The third kappa shape index (κ3) is 5.38. The smallest absolute Gasteiger partial charge is 0.317 e. The van der Waals surface area contributed by atoms with Crippen molar-refractivity contribution in [1.82, 2.24) is 10.2 Å². The third-order valence-electron chi connectivity index (χ3n) is 3.30. The lowest BCUT2D eigenvalue weighted by Crippen LogP contribution is -2.50. The number of urea groups is 1. The normalized spacial score (nSPS) is 17.1. The summed E-state index contributed by atoms with van der Waals surface area (Å²) in [6, 6.07) is -0.0627. The van der Waals surface area contributed by atoms with Crippen molar-refractivity contribution in [2.24, 2.45) is 0 Å². The van der Waals surface area contributed by atoms with Gasteiger partial charge in [-0.1, -0.05) is 12.8 Å². The van der Waals surface area contributed by atoms with Crippen molar-refractivity contribution in [3.63, 3.8) is 0 Å². The largest absolute Gasteiger partial charge is 0.481 e. The van der Waals surface area contributed by atoms with Crippen molar-refractivity contribution in [2.75, 3.05) is 13.1 Å². The molecule has 18 heavy (non-hydrogen) atoms. The highest BCUT2D eigenvalue weighted by atomic mass is 16.4. The Kier molecular flexibility index (Phi) is 5.44. The standard InChI is InChI=1S/C13H24N2O3/c1-13(2,8-7-11(16)17)14-12(18)15-9-5-3-4-6-10-15/h3-10H2,1-2H3,(H,14,18)(H,16,17). The Labute approximate surface area is 109 Å². The second-order valence-corrected chi connectivity index (χ2v) is 5.61. The Hall–Kier alpha value is -1.26. The summed E-state index contributed by atoms with van der Waals surface area (Å²) in [5.41, 5.74) is -0.470. The molecule has 0 bridgehead atoms. The lowest BCUT2D eigenvalue weighted by Gasteiger charge is -2.30. The van der Waals surface area contributed by atoms with Crippen LogP contribution in [0.15, 0.2) is 0 Å². The van der Waals surface area contributed by atoms with E-state index in [1.807, 2.05) is 18.7 Å². The molecule has 2 N–H and O–H groups in total. The second kappa shape index (κ2) is 6.61. The van der Waals surface area contributed by atoms with Crippen LogP contribution < -0.4 is 5.32 Å². The van der Waals surface area contributed by atoms with Crippen molar-refractivity contribution in [2.45, 2.75) is 57.9 Å². The van der Waals surface area contributed by atoms with E-state index in [2.05, 4.69) is 5.32 Å². The van der Waals surface area contributed by atoms with Crippen LogP contribution in [0.1, 0.15) is 52.4 Å².